The second-order valence-corrected chi connectivity index (χ2v) is 9.03. The average molecular weight is 357 g/mol. The van der Waals surface area contributed by atoms with Gasteiger partial charge >= 0.3 is 0 Å². The van der Waals surface area contributed by atoms with E-state index >= 15 is 0 Å². The summed E-state index contributed by atoms with van der Waals surface area (Å²) in [7, 11) is 0.624. The topological polar surface area (TPSA) is 32.3 Å². The third kappa shape index (κ3) is 4.43. The molecule has 0 heterocycles. The Bertz CT molecular complexity index is 741. The smallest absolute Gasteiger partial charge is 0.122 e. The van der Waals surface area contributed by atoms with Crippen LogP contribution in [0.2, 0.25) is 0 Å². The Kier molecular flexibility index (Phi) is 6.65. The first-order valence-electron chi connectivity index (χ1n) is 9.20. The Hall–Kier alpha value is -1.37. The van der Waals surface area contributed by atoms with Gasteiger partial charge in [-0.1, -0.05) is 65.2 Å². The molecule has 2 unspecified atom stereocenters. The van der Waals surface area contributed by atoms with Gasteiger partial charge in [-0.3, -0.25) is 0 Å². The van der Waals surface area contributed by atoms with Crippen molar-refractivity contribution in [2.24, 2.45) is 0 Å². The fourth-order valence-corrected chi connectivity index (χ4v) is 4.98. The van der Waals surface area contributed by atoms with E-state index in [0.29, 0.717) is 14.3 Å². The molecule has 136 valence electrons. The number of phenolic OH excluding ortho intramolecular Hbond substituents is 1. The Labute approximate surface area is 154 Å². The van der Waals surface area contributed by atoms with Crippen molar-refractivity contribution >= 4 is 13.9 Å². The molecule has 0 spiro atoms. The maximum absolute atomic E-state index is 10.7. The lowest BCUT2D eigenvalue weighted by Gasteiger charge is -2.32. The zero-order valence-corrected chi connectivity index (χ0v) is 17.5. The highest BCUT2D eigenvalue weighted by Gasteiger charge is 2.30. The molecule has 0 saturated heterocycles. The molecule has 2 N–H and O–H groups in total. The molecule has 0 aromatic heterocycles. The number of aromatic hydroxyl groups is 1. The van der Waals surface area contributed by atoms with Crippen molar-refractivity contribution in [2.45, 2.75) is 59.7 Å². The van der Waals surface area contributed by atoms with Gasteiger partial charge in [-0.15, -0.1) is 0 Å². The normalized spacial score (nSPS) is 14.2. The van der Waals surface area contributed by atoms with E-state index in [2.05, 4.69) is 70.3 Å². The summed E-state index contributed by atoms with van der Waals surface area (Å²) in [6, 6.07) is 10.8. The van der Waals surface area contributed by atoms with Crippen molar-refractivity contribution in [3.8, 4) is 5.75 Å². The lowest BCUT2D eigenvalue weighted by molar-refractivity contribution is 0.452. The standard InChI is InChI=1S/C22H32NOP/c1-7-22(6,19-13-15(3)12-17(5)20(19)24)25-21-16(4)10-9-11-18(21)14-23-8-2/h9-13,23-25H,7-8,14H2,1-6H3. The molecule has 2 atom stereocenters. The van der Waals surface area contributed by atoms with Crippen LogP contribution in [0.1, 0.15) is 55.0 Å². The van der Waals surface area contributed by atoms with Crippen molar-refractivity contribution in [3.05, 3.63) is 58.1 Å². The lowest BCUT2D eigenvalue weighted by atomic mass is 9.93. The molecule has 0 amide bonds. The highest BCUT2D eigenvalue weighted by molar-refractivity contribution is 7.48. The SMILES string of the molecule is CCNCc1cccc(C)c1PC(C)(CC)c1cc(C)cc(C)c1O. The minimum atomic E-state index is -0.0616. The fourth-order valence-electron chi connectivity index (χ4n) is 3.32. The molecule has 2 nitrogen and oxygen atoms in total. The molecule has 0 aliphatic carbocycles. The summed E-state index contributed by atoms with van der Waals surface area (Å²) in [5, 5.41) is 15.6. The Morgan fingerprint density at radius 3 is 2.44 bits per heavy atom. The molecule has 2 aromatic carbocycles. The van der Waals surface area contributed by atoms with Crippen molar-refractivity contribution in [2.75, 3.05) is 6.54 Å². The van der Waals surface area contributed by atoms with Crippen LogP contribution in [-0.2, 0) is 11.7 Å². The highest BCUT2D eigenvalue weighted by Crippen LogP contribution is 2.48. The Morgan fingerprint density at radius 1 is 1.08 bits per heavy atom. The molecule has 0 fully saturated rings. The minimum Gasteiger partial charge on any atom is -0.507 e. The molecule has 0 aliphatic heterocycles. The van der Waals surface area contributed by atoms with E-state index in [1.807, 2.05) is 6.92 Å². The first-order chi connectivity index (χ1) is 11.8. The van der Waals surface area contributed by atoms with Crippen LogP contribution >= 0.6 is 8.58 Å². The molecular formula is C22H32NOP. The number of hydrogen-bond acceptors (Lipinski definition) is 2. The highest BCUT2D eigenvalue weighted by atomic mass is 31.1. The summed E-state index contributed by atoms with van der Waals surface area (Å²) < 4.78 is 0. The zero-order valence-electron chi connectivity index (χ0n) is 16.5. The molecule has 3 heteroatoms. The molecule has 2 rings (SSSR count). The summed E-state index contributed by atoms with van der Waals surface area (Å²) in [5.74, 6) is 0.462. The fraction of sp³-hybridized carbons (Fsp3) is 0.455. The summed E-state index contributed by atoms with van der Waals surface area (Å²) in [4.78, 5) is 0. The van der Waals surface area contributed by atoms with E-state index in [1.54, 1.807) is 0 Å². The van der Waals surface area contributed by atoms with E-state index in [4.69, 9.17) is 0 Å². The molecule has 0 saturated carbocycles. The largest absolute Gasteiger partial charge is 0.507 e. The van der Waals surface area contributed by atoms with Gasteiger partial charge in [-0.2, -0.15) is 0 Å². The Balaban J connectivity index is 2.49. The number of aryl methyl sites for hydroxylation is 3. The zero-order chi connectivity index (χ0) is 18.6. The van der Waals surface area contributed by atoms with Crippen LogP contribution < -0.4 is 10.6 Å². The van der Waals surface area contributed by atoms with Gasteiger partial charge in [-0.25, -0.2) is 0 Å². The number of rotatable bonds is 7. The van der Waals surface area contributed by atoms with Gasteiger partial charge in [0.2, 0.25) is 0 Å². The van der Waals surface area contributed by atoms with Gasteiger partial charge in [0.1, 0.15) is 5.75 Å². The van der Waals surface area contributed by atoms with Crippen LogP contribution in [0.25, 0.3) is 0 Å². The predicted octanol–water partition coefficient (Wildman–Crippen LogP) is 5.06. The lowest BCUT2D eigenvalue weighted by Crippen LogP contribution is -2.24. The van der Waals surface area contributed by atoms with Gasteiger partial charge in [0.05, 0.1) is 0 Å². The van der Waals surface area contributed by atoms with Crippen LogP contribution in [0.15, 0.2) is 30.3 Å². The average Bonchev–Trinajstić information content (AvgIpc) is 2.58. The number of hydrogen-bond donors (Lipinski definition) is 2. The molecule has 0 aliphatic rings. The quantitative estimate of drug-likeness (QED) is 0.679. The van der Waals surface area contributed by atoms with E-state index in [9.17, 15) is 5.11 Å². The van der Waals surface area contributed by atoms with Crippen LogP contribution in [0, 0.1) is 20.8 Å². The monoisotopic (exact) mass is 357 g/mol. The van der Waals surface area contributed by atoms with Gasteiger partial charge in [0, 0.05) is 17.3 Å². The van der Waals surface area contributed by atoms with Gasteiger partial charge < -0.3 is 10.4 Å². The van der Waals surface area contributed by atoms with Gasteiger partial charge in [0.15, 0.2) is 0 Å². The molecule has 2 aromatic rings. The molecule has 0 radical (unpaired) electrons. The van der Waals surface area contributed by atoms with E-state index in [0.717, 1.165) is 30.6 Å². The van der Waals surface area contributed by atoms with E-state index in [-0.39, 0.29) is 5.16 Å². The summed E-state index contributed by atoms with van der Waals surface area (Å²) in [6.45, 7) is 14.8. The first kappa shape index (κ1) is 19.9. The first-order valence-corrected chi connectivity index (χ1v) is 10.2. The molecule has 0 bridgehead atoms. The third-order valence-corrected chi connectivity index (χ3v) is 7.21. The van der Waals surface area contributed by atoms with Crippen LogP contribution in [0.4, 0.5) is 0 Å². The maximum atomic E-state index is 10.7. The number of benzene rings is 2. The second kappa shape index (κ2) is 8.34. The summed E-state index contributed by atoms with van der Waals surface area (Å²) in [6.07, 6.45) is 0.997. The van der Waals surface area contributed by atoms with Crippen molar-refractivity contribution < 1.29 is 5.11 Å². The molecular weight excluding hydrogens is 325 g/mol. The molecule has 25 heavy (non-hydrogen) atoms. The predicted molar refractivity (Wildman–Crippen MR) is 112 cm³/mol. The number of phenols is 1. The Morgan fingerprint density at radius 2 is 1.80 bits per heavy atom. The van der Waals surface area contributed by atoms with Gasteiger partial charge in [0.25, 0.3) is 0 Å². The van der Waals surface area contributed by atoms with Crippen LogP contribution in [-0.4, -0.2) is 11.7 Å². The minimum absolute atomic E-state index is 0.0616. The van der Waals surface area contributed by atoms with E-state index in [1.165, 1.54) is 22.0 Å². The third-order valence-electron chi connectivity index (χ3n) is 5.07. The van der Waals surface area contributed by atoms with Crippen molar-refractivity contribution in [1.29, 1.82) is 0 Å². The van der Waals surface area contributed by atoms with Crippen molar-refractivity contribution in [3.63, 3.8) is 0 Å². The van der Waals surface area contributed by atoms with Crippen molar-refractivity contribution in [1.82, 2.24) is 5.32 Å². The van der Waals surface area contributed by atoms with Crippen LogP contribution in [0.5, 0.6) is 5.75 Å². The van der Waals surface area contributed by atoms with Crippen LogP contribution in [0.3, 0.4) is 0 Å². The van der Waals surface area contributed by atoms with E-state index < -0.39 is 0 Å². The number of nitrogens with one attached hydrogen (secondary N) is 1. The second-order valence-electron chi connectivity index (χ2n) is 7.18. The maximum Gasteiger partial charge on any atom is 0.122 e. The summed E-state index contributed by atoms with van der Waals surface area (Å²) in [5.41, 5.74) is 5.99. The summed E-state index contributed by atoms with van der Waals surface area (Å²) >= 11 is 0. The van der Waals surface area contributed by atoms with Gasteiger partial charge in [-0.05, 0) is 55.7 Å².